The van der Waals surface area contributed by atoms with Crippen molar-refractivity contribution in [2.24, 2.45) is 0 Å². The normalized spacial score (nSPS) is 13.6. The Morgan fingerprint density at radius 3 is 0.679 bits per heavy atom. The van der Waals surface area contributed by atoms with Crippen molar-refractivity contribution in [3.63, 3.8) is 0 Å². The van der Waals surface area contributed by atoms with E-state index in [9.17, 15) is 0 Å². The standard InChI is InChI=1S/C94H70N8O10/c1-49(2)111-93-87(89(103)83-71(107-5)45-47-73(109-7)85(83)91(93)105)81-67-41-33-59(99-67)75(51-21-13-9-14-22-51)55-29-37-63(95-55)79(64-38-30-56(96-64)76(52-23-15-10-16-24-52)60-34-42-68(81)100-60)80-65-39-31-57(97-65)77(53-25-17-11-18-26-53)61-35-43-69(101-61)82(70-44-36-62(102-70)78(54-27-19-12-20-28-54)58-32-40-66(80)98-58)88-90(104)84-72(108-6)46-48-74(110-8)86(84)92(106)94(88)112-50(3)4/h9-50,95,97,100,102H,1-8H3. The quantitative estimate of drug-likeness (QED) is 0.0747. The average Bonchev–Trinajstić information content (AvgIpc) is 1.34. The van der Waals surface area contributed by atoms with E-state index in [0.29, 0.717) is 112 Å². The Morgan fingerprint density at radius 1 is 0.241 bits per heavy atom. The molecule has 18 nitrogen and oxygen atoms in total. The summed E-state index contributed by atoms with van der Waals surface area (Å²) < 4.78 is 36.5. The number of nitrogens with zero attached hydrogens (tertiary/aromatic N) is 4. The van der Waals surface area contributed by atoms with E-state index in [1.54, 1.807) is 24.3 Å². The molecule has 6 aliphatic rings. The van der Waals surface area contributed by atoms with E-state index in [2.05, 4.69) is 32.1 Å². The summed E-state index contributed by atoms with van der Waals surface area (Å²) in [5.74, 6) is -1.70. The number of H-pyrrole nitrogens is 4. The van der Waals surface area contributed by atoms with Gasteiger partial charge in [-0.25, -0.2) is 19.9 Å². The number of aromatic nitrogens is 8. The zero-order chi connectivity index (χ0) is 76.7. The molecule has 2 aliphatic carbocycles. The number of aromatic amines is 4. The fourth-order valence-electron chi connectivity index (χ4n) is 15.9. The molecule has 112 heavy (non-hydrogen) atoms. The SMILES string of the molecule is COc1ccc(OC)c2c1C(=O)C(OC(C)C)=C(c1c3nc(c(-c4ccccc4)c4ccc([nH]4)c(-c4c5nc(c(-c6ccccc6)c6ccc([nH]6)c(C6=C(OC(C)C)C(=O)c7c(OC)ccc(OC)c7C6=O)c6nc(c(-c7ccccc7)c7ccc4[nH]7)C=C6)C=C5)c4nc(c(-c5ccccc5)c5ccc1[nH]5)C=C4)C=C3)C2=O. The predicted molar refractivity (Wildman–Crippen MR) is 441 cm³/mol. The summed E-state index contributed by atoms with van der Waals surface area (Å²) in [6.45, 7) is 7.25. The Kier molecular flexibility index (Phi) is 17.3. The van der Waals surface area contributed by atoms with Crippen molar-refractivity contribution in [2.75, 3.05) is 28.4 Å². The van der Waals surface area contributed by atoms with Gasteiger partial charge in [0.2, 0.25) is 23.1 Å². The van der Waals surface area contributed by atoms with Crippen molar-refractivity contribution >= 4 is 127 Å². The van der Waals surface area contributed by atoms with E-state index in [-0.39, 0.29) is 67.9 Å². The van der Waals surface area contributed by atoms with Gasteiger partial charge in [-0.3, -0.25) is 19.2 Å². The molecule has 4 N–H and O–H groups in total. The van der Waals surface area contributed by atoms with Gasteiger partial charge in [0.25, 0.3) is 0 Å². The summed E-state index contributed by atoms with van der Waals surface area (Å²) in [5.41, 5.74) is 17.5. The van der Waals surface area contributed by atoms with E-state index in [1.165, 1.54) is 28.4 Å². The smallest absolute Gasteiger partial charge is 0.232 e. The van der Waals surface area contributed by atoms with Crippen LogP contribution in [0, 0.1) is 0 Å². The second-order valence-electron chi connectivity index (χ2n) is 28.0. The highest BCUT2D eigenvalue weighted by atomic mass is 16.5. The lowest BCUT2D eigenvalue weighted by atomic mass is 9.83. The van der Waals surface area contributed by atoms with Crippen LogP contribution in [0.1, 0.15) is 126 Å². The molecule has 0 saturated heterocycles. The van der Waals surface area contributed by atoms with Crippen LogP contribution in [0.3, 0.4) is 0 Å². The molecule has 0 amide bonds. The molecule has 0 unspecified atom stereocenters. The third kappa shape index (κ3) is 11.6. The molecule has 0 saturated carbocycles. The monoisotopic (exact) mass is 1470 g/mol. The summed E-state index contributed by atoms with van der Waals surface area (Å²) in [6.07, 6.45) is 14.6. The Morgan fingerprint density at radius 2 is 0.446 bits per heavy atom. The number of hydrogen-bond donors (Lipinski definition) is 4. The van der Waals surface area contributed by atoms with E-state index in [0.717, 1.165) is 44.5 Å². The van der Waals surface area contributed by atoms with Crippen molar-refractivity contribution in [3.05, 3.63) is 285 Å². The van der Waals surface area contributed by atoms with Gasteiger partial charge in [-0.2, -0.15) is 0 Å². The number of rotatable bonds is 15. The van der Waals surface area contributed by atoms with Gasteiger partial charge in [-0.1, -0.05) is 121 Å². The second-order valence-corrected chi connectivity index (χ2v) is 28.0. The van der Waals surface area contributed by atoms with Gasteiger partial charge in [0.05, 0.1) is 120 Å². The molecule has 18 heteroatoms. The van der Waals surface area contributed by atoms with Crippen LogP contribution in [0.15, 0.2) is 206 Å². The summed E-state index contributed by atoms with van der Waals surface area (Å²) in [7, 11) is 5.84. The van der Waals surface area contributed by atoms with E-state index < -0.39 is 35.3 Å². The predicted octanol–water partition coefficient (Wildman–Crippen LogP) is 20.4. The van der Waals surface area contributed by atoms with Crippen LogP contribution in [-0.2, 0) is 9.47 Å². The van der Waals surface area contributed by atoms with Crippen molar-refractivity contribution in [1.29, 1.82) is 0 Å². The number of carbonyl (C=O) groups is 4. The Balaban J connectivity index is 0.974. The van der Waals surface area contributed by atoms with Gasteiger partial charge in [-0.05, 0) is 171 Å². The number of ketones is 4. The molecule has 0 atom stereocenters. The molecule has 6 aromatic heterocycles. The van der Waals surface area contributed by atoms with Gasteiger partial charge in [0.1, 0.15) is 23.0 Å². The first-order valence-corrected chi connectivity index (χ1v) is 36.7. The third-order valence-electron chi connectivity index (χ3n) is 20.6. The van der Waals surface area contributed by atoms with E-state index >= 15 is 19.2 Å². The highest BCUT2D eigenvalue weighted by Crippen LogP contribution is 2.49. The number of fused-ring (bicyclic) bond motifs is 18. The number of ether oxygens (including phenoxy) is 6. The van der Waals surface area contributed by atoms with Crippen LogP contribution in [-0.4, -0.2) is 104 Å². The topological polar surface area (TPSA) is 238 Å². The molecule has 0 fully saturated rings. The van der Waals surface area contributed by atoms with Crippen molar-refractivity contribution in [2.45, 2.75) is 39.9 Å². The van der Waals surface area contributed by atoms with E-state index in [4.69, 9.17) is 48.4 Å². The Labute approximate surface area is 642 Å². The lowest BCUT2D eigenvalue weighted by molar-refractivity contribution is 0.0816. The maximum atomic E-state index is 16.0. The molecule has 0 spiro atoms. The molecule has 10 heterocycles. The highest BCUT2D eigenvalue weighted by Gasteiger charge is 2.43. The number of allylic oxidation sites excluding steroid dienone is 4. The Hall–Kier alpha value is -14.5. The molecular formula is C94H70N8O10. The minimum Gasteiger partial charge on any atom is -0.496 e. The first-order valence-electron chi connectivity index (χ1n) is 36.7. The molecule has 546 valence electrons. The van der Waals surface area contributed by atoms with Crippen LogP contribution in [0.2, 0.25) is 0 Å². The number of carbonyl (C=O) groups excluding carboxylic acids is 4. The zero-order valence-electron chi connectivity index (χ0n) is 62.1. The van der Waals surface area contributed by atoms with Gasteiger partial charge < -0.3 is 48.4 Å². The molecule has 18 rings (SSSR count). The van der Waals surface area contributed by atoms with Crippen molar-refractivity contribution in [1.82, 2.24) is 39.9 Å². The van der Waals surface area contributed by atoms with Crippen LogP contribution < -0.4 is 18.9 Å². The minimum absolute atomic E-state index is 0.00820. The molecule has 12 aromatic rings. The van der Waals surface area contributed by atoms with E-state index in [1.807, 2.05) is 234 Å². The van der Waals surface area contributed by atoms with Crippen LogP contribution in [0.5, 0.6) is 23.0 Å². The number of nitrogens with one attached hydrogen (secondary N) is 4. The van der Waals surface area contributed by atoms with Crippen LogP contribution >= 0.6 is 0 Å². The highest BCUT2D eigenvalue weighted by molar-refractivity contribution is 6.43. The lowest BCUT2D eigenvalue weighted by Crippen LogP contribution is -2.26. The first-order chi connectivity index (χ1) is 54.7. The molecule has 4 aliphatic heterocycles. The number of Topliss-reactive ketones (excluding diaryl/α,β-unsaturated/α-hetero) is 4. The van der Waals surface area contributed by atoms with Crippen molar-refractivity contribution in [3.8, 4) is 78.6 Å². The fourth-order valence-corrected chi connectivity index (χ4v) is 15.9. The fraction of sp³-hybridized carbons (Fsp3) is 0.106. The second kappa shape index (κ2) is 27.9. The van der Waals surface area contributed by atoms with Gasteiger partial charge >= 0.3 is 0 Å². The zero-order valence-corrected chi connectivity index (χ0v) is 62.1. The van der Waals surface area contributed by atoms with Crippen LogP contribution in [0.25, 0.3) is 160 Å². The summed E-state index contributed by atoms with van der Waals surface area (Å²) in [6, 6.07) is 62.3. The van der Waals surface area contributed by atoms with Gasteiger partial charge in [0.15, 0.2) is 11.5 Å². The first kappa shape index (κ1) is 69.2. The maximum Gasteiger partial charge on any atom is 0.232 e. The minimum atomic E-state index is -0.551. The summed E-state index contributed by atoms with van der Waals surface area (Å²) in [5, 5.41) is 0. The van der Waals surface area contributed by atoms with Crippen LogP contribution in [0.4, 0.5) is 0 Å². The summed E-state index contributed by atoms with van der Waals surface area (Å²) >= 11 is 0. The number of hydrogen-bond acceptors (Lipinski definition) is 14. The molecular weight excluding hydrogens is 1400 g/mol. The average molecular weight is 1470 g/mol. The number of benzene rings is 6. The van der Waals surface area contributed by atoms with Gasteiger partial charge in [0, 0.05) is 88.6 Å². The maximum absolute atomic E-state index is 16.0. The van der Waals surface area contributed by atoms with Crippen molar-refractivity contribution < 1.29 is 47.6 Å². The Bertz CT molecular complexity index is 6150. The van der Waals surface area contributed by atoms with Gasteiger partial charge in [-0.15, -0.1) is 0 Å². The largest absolute Gasteiger partial charge is 0.496 e. The number of methoxy groups -OCH3 is 4. The summed E-state index contributed by atoms with van der Waals surface area (Å²) in [4.78, 5) is 101. The molecule has 6 aromatic carbocycles. The molecule has 0 radical (unpaired) electrons. The lowest BCUT2D eigenvalue weighted by Gasteiger charge is -2.25. The molecule has 16 bridgehead atoms. The third-order valence-corrected chi connectivity index (χ3v) is 20.6.